The van der Waals surface area contributed by atoms with Gasteiger partial charge in [-0.05, 0) is 30.2 Å². The Labute approximate surface area is 160 Å². The molecular weight excluding hydrogens is 373 g/mol. The molecule has 0 unspecified atom stereocenters. The molecule has 27 heavy (non-hydrogen) atoms. The molecular formula is C19H19ClFN3O3. The summed E-state index contributed by atoms with van der Waals surface area (Å²) in [5, 5.41) is 11.2. The second-order valence-corrected chi connectivity index (χ2v) is 5.72. The largest absolute Gasteiger partial charge is 0.295 e. The molecule has 0 bridgehead atoms. The van der Waals surface area contributed by atoms with Crippen LogP contribution < -0.4 is 5.56 Å². The Morgan fingerprint density at radius 2 is 1.85 bits per heavy atom. The number of rotatable bonds is 5. The molecule has 6 nitrogen and oxygen atoms in total. The van der Waals surface area contributed by atoms with Crippen LogP contribution in [0.5, 0.6) is 0 Å². The average molecular weight is 392 g/mol. The Kier molecular flexibility index (Phi) is 7.01. The zero-order chi connectivity index (χ0) is 20.0. The number of aromatic nitrogens is 2. The highest BCUT2D eigenvalue weighted by Gasteiger charge is 2.14. The van der Waals surface area contributed by atoms with E-state index in [2.05, 4.69) is 4.98 Å². The molecule has 2 aromatic carbocycles. The predicted molar refractivity (Wildman–Crippen MR) is 104 cm³/mol. The molecule has 142 valence electrons. The van der Waals surface area contributed by atoms with Crippen LogP contribution in [0, 0.1) is 15.9 Å². The molecule has 1 heterocycles. The highest BCUT2D eigenvalue weighted by molar-refractivity contribution is 6.16. The van der Waals surface area contributed by atoms with Gasteiger partial charge < -0.3 is 0 Å². The number of nitrogens with zero attached hydrogens (tertiary/aromatic N) is 3. The second kappa shape index (κ2) is 9.23. The van der Waals surface area contributed by atoms with Gasteiger partial charge in [0.25, 0.3) is 11.2 Å². The van der Waals surface area contributed by atoms with E-state index in [4.69, 9.17) is 11.6 Å². The van der Waals surface area contributed by atoms with Crippen LogP contribution in [0.4, 0.5) is 10.1 Å². The van der Waals surface area contributed by atoms with E-state index in [0.29, 0.717) is 24.2 Å². The van der Waals surface area contributed by atoms with Gasteiger partial charge in [0.1, 0.15) is 11.6 Å². The summed E-state index contributed by atoms with van der Waals surface area (Å²) in [7, 11) is 0. The van der Waals surface area contributed by atoms with Crippen LogP contribution in [-0.2, 0) is 18.8 Å². The minimum absolute atomic E-state index is 0.00269. The Morgan fingerprint density at radius 1 is 1.19 bits per heavy atom. The summed E-state index contributed by atoms with van der Waals surface area (Å²) in [5.41, 5.74) is 0.673. The molecule has 3 rings (SSSR count). The van der Waals surface area contributed by atoms with Crippen LogP contribution in [0.1, 0.15) is 25.2 Å². The van der Waals surface area contributed by atoms with Crippen molar-refractivity contribution in [3.8, 4) is 0 Å². The number of aryl methyl sites for hydroxylation is 1. The third kappa shape index (κ3) is 4.68. The molecule has 0 amide bonds. The number of nitro groups is 1. The third-order valence-corrected chi connectivity index (χ3v) is 4.12. The summed E-state index contributed by atoms with van der Waals surface area (Å²) in [6, 6.07) is 9.95. The van der Waals surface area contributed by atoms with Gasteiger partial charge in [0.15, 0.2) is 0 Å². The summed E-state index contributed by atoms with van der Waals surface area (Å²) < 4.78 is 14.4. The molecule has 0 fully saturated rings. The number of non-ortho nitro benzene ring substituents is 1. The van der Waals surface area contributed by atoms with Crippen LogP contribution in [0.2, 0.25) is 0 Å². The van der Waals surface area contributed by atoms with E-state index in [-0.39, 0.29) is 28.5 Å². The minimum atomic E-state index is -0.540. The van der Waals surface area contributed by atoms with Crippen molar-refractivity contribution < 1.29 is 9.31 Å². The lowest BCUT2D eigenvalue weighted by Crippen LogP contribution is -2.26. The van der Waals surface area contributed by atoms with Crippen molar-refractivity contribution in [3.63, 3.8) is 0 Å². The predicted octanol–water partition coefficient (Wildman–Crippen LogP) is 4.45. The number of nitro benzene ring substituents is 1. The smallest absolute Gasteiger partial charge is 0.271 e. The first kappa shape index (κ1) is 20.5. The molecule has 1 aromatic heterocycles. The normalized spacial score (nSPS) is 10.4. The van der Waals surface area contributed by atoms with Crippen molar-refractivity contribution in [1.82, 2.24) is 9.55 Å². The summed E-state index contributed by atoms with van der Waals surface area (Å²) in [4.78, 5) is 27.3. The van der Waals surface area contributed by atoms with E-state index in [1.807, 2.05) is 13.8 Å². The van der Waals surface area contributed by atoms with Gasteiger partial charge in [0.2, 0.25) is 0 Å². The Balaban J connectivity index is 0.00000126. The van der Waals surface area contributed by atoms with Crippen LogP contribution in [0.15, 0.2) is 47.3 Å². The van der Waals surface area contributed by atoms with Crippen molar-refractivity contribution in [2.45, 2.75) is 32.7 Å². The first-order valence-electron chi connectivity index (χ1n) is 8.48. The molecule has 8 heteroatoms. The number of halogens is 2. The molecule has 0 saturated heterocycles. The van der Waals surface area contributed by atoms with E-state index < -0.39 is 4.92 Å². The quantitative estimate of drug-likeness (QED) is 0.365. The lowest BCUT2D eigenvalue weighted by molar-refractivity contribution is -0.384. The fraction of sp³-hybridized carbons (Fsp3) is 0.263. The fourth-order valence-corrected chi connectivity index (χ4v) is 2.80. The minimum Gasteiger partial charge on any atom is -0.295 e. The monoisotopic (exact) mass is 391 g/mol. The molecule has 0 aliphatic carbocycles. The highest BCUT2D eigenvalue weighted by Crippen LogP contribution is 2.18. The van der Waals surface area contributed by atoms with Gasteiger partial charge in [-0.25, -0.2) is 9.37 Å². The number of alkyl halides is 1. The Bertz CT molecular complexity index is 1000. The Hall–Kier alpha value is -2.80. The number of hydrogen-bond acceptors (Lipinski definition) is 4. The van der Waals surface area contributed by atoms with Gasteiger partial charge in [-0.2, -0.15) is 0 Å². The van der Waals surface area contributed by atoms with E-state index in [9.17, 15) is 19.3 Å². The van der Waals surface area contributed by atoms with Gasteiger partial charge in [0, 0.05) is 18.7 Å². The fourth-order valence-electron chi connectivity index (χ4n) is 2.59. The average Bonchev–Trinajstić information content (AvgIpc) is 2.69. The van der Waals surface area contributed by atoms with Crippen molar-refractivity contribution in [3.05, 3.63) is 80.1 Å². The van der Waals surface area contributed by atoms with Crippen LogP contribution in [-0.4, -0.2) is 14.5 Å². The summed E-state index contributed by atoms with van der Waals surface area (Å²) in [6.07, 6.45) is 0.504. The molecule has 0 aliphatic rings. The summed E-state index contributed by atoms with van der Waals surface area (Å²) in [5.74, 6) is 0.00945. The van der Waals surface area contributed by atoms with Gasteiger partial charge in [-0.1, -0.05) is 26.0 Å². The molecule has 0 saturated carbocycles. The van der Waals surface area contributed by atoms with Crippen LogP contribution in [0.25, 0.3) is 10.9 Å². The lowest BCUT2D eigenvalue weighted by Gasteiger charge is -2.12. The molecule has 0 radical (unpaired) electrons. The van der Waals surface area contributed by atoms with E-state index in [1.165, 1.54) is 34.9 Å². The zero-order valence-electron chi connectivity index (χ0n) is 15.0. The number of fused-ring (bicyclic) bond motifs is 1. The molecule has 0 aliphatic heterocycles. The lowest BCUT2D eigenvalue weighted by atomic mass is 10.1. The molecule has 0 atom stereocenters. The maximum absolute atomic E-state index is 13.0. The van der Waals surface area contributed by atoms with Crippen molar-refractivity contribution >= 4 is 28.2 Å². The first-order valence-corrected chi connectivity index (χ1v) is 9.01. The molecule has 0 N–H and O–H groups in total. The van der Waals surface area contributed by atoms with Crippen LogP contribution in [0.3, 0.4) is 0 Å². The third-order valence-electron chi connectivity index (χ3n) is 3.89. The van der Waals surface area contributed by atoms with Gasteiger partial charge in [-0.15, -0.1) is 11.6 Å². The van der Waals surface area contributed by atoms with E-state index in [0.717, 1.165) is 5.56 Å². The van der Waals surface area contributed by atoms with Crippen molar-refractivity contribution in [2.24, 2.45) is 0 Å². The SMILES string of the molecule is CC.O=c1c2ccc([N+](=O)[O-])cc2nc(CCl)n1CCc1ccc(F)cc1. The van der Waals surface area contributed by atoms with Crippen molar-refractivity contribution in [1.29, 1.82) is 0 Å². The number of benzene rings is 2. The zero-order valence-corrected chi connectivity index (χ0v) is 15.7. The Morgan fingerprint density at radius 3 is 2.44 bits per heavy atom. The van der Waals surface area contributed by atoms with E-state index in [1.54, 1.807) is 12.1 Å². The first-order chi connectivity index (χ1) is 13.0. The standard InChI is InChI=1S/C17H13ClFN3O3.C2H6/c18-10-16-20-15-9-13(22(24)25)5-6-14(15)17(23)21(16)8-7-11-1-3-12(19)4-2-11;1-2/h1-6,9H,7-8,10H2;1-2H3. The highest BCUT2D eigenvalue weighted by atomic mass is 35.5. The molecule has 0 spiro atoms. The van der Waals surface area contributed by atoms with Crippen molar-refractivity contribution in [2.75, 3.05) is 0 Å². The number of hydrogen-bond donors (Lipinski definition) is 0. The maximum atomic E-state index is 13.0. The molecule has 3 aromatic rings. The van der Waals surface area contributed by atoms with E-state index >= 15 is 0 Å². The van der Waals surface area contributed by atoms with Gasteiger partial charge >= 0.3 is 0 Å². The topological polar surface area (TPSA) is 78.0 Å². The second-order valence-electron chi connectivity index (χ2n) is 5.45. The summed E-state index contributed by atoms with van der Waals surface area (Å²) in [6.45, 7) is 4.33. The van der Waals surface area contributed by atoms with Gasteiger partial charge in [-0.3, -0.25) is 19.5 Å². The summed E-state index contributed by atoms with van der Waals surface area (Å²) >= 11 is 5.90. The maximum Gasteiger partial charge on any atom is 0.271 e. The van der Waals surface area contributed by atoms with Crippen LogP contribution >= 0.6 is 11.6 Å². The van der Waals surface area contributed by atoms with Gasteiger partial charge in [0.05, 0.1) is 21.7 Å².